The summed E-state index contributed by atoms with van der Waals surface area (Å²) in [6.45, 7) is 3.09. The van der Waals surface area contributed by atoms with Crippen LogP contribution in [-0.4, -0.2) is 43.0 Å². The van der Waals surface area contributed by atoms with Gasteiger partial charge in [-0.2, -0.15) is 8.42 Å². The lowest BCUT2D eigenvalue weighted by atomic mass is 10.1. The minimum Gasteiger partial charge on any atom is -0.387 e. The van der Waals surface area contributed by atoms with Gasteiger partial charge in [0.1, 0.15) is 0 Å². The molecule has 2 aromatic carbocycles. The number of aryl methyl sites for hydroxylation is 1. The third-order valence-corrected chi connectivity index (χ3v) is 5.06. The molecular weight excluding hydrogens is 388 g/mol. The van der Waals surface area contributed by atoms with Crippen molar-refractivity contribution in [2.75, 3.05) is 24.2 Å². The summed E-state index contributed by atoms with van der Waals surface area (Å²) < 4.78 is 30.3. The number of halogens is 1. The first-order chi connectivity index (χ1) is 12.7. The lowest BCUT2D eigenvalue weighted by Gasteiger charge is -2.18. The van der Waals surface area contributed by atoms with Crippen molar-refractivity contribution in [2.45, 2.75) is 25.5 Å². The number of nitrogens with one attached hydrogen (secondary N) is 2. The molecule has 0 heterocycles. The number of aliphatic hydroxyl groups excluding tert-OH is 1. The van der Waals surface area contributed by atoms with Gasteiger partial charge in [0.15, 0.2) is 0 Å². The van der Waals surface area contributed by atoms with Gasteiger partial charge in [-0.05, 0) is 48.7 Å². The van der Waals surface area contributed by atoms with Crippen LogP contribution in [0.1, 0.15) is 24.2 Å². The first kappa shape index (κ1) is 21.7. The topological polar surface area (TPSA) is 98.7 Å². The molecule has 27 heavy (non-hydrogen) atoms. The third-order valence-electron chi connectivity index (χ3n) is 4.11. The molecule has 0 saturated carbocycles. The first-order valence-electron chi connectivity index (χ1n) is 8.68. The van der Waals surface area contributed by atoms with Gasteiger partial charge in [-0.1, -0.05) is 35.9 Å². The van der Waals surface area contributed by atoms with Crippen molar-refractivity contribution >= 4 is 27.4 Å². The number of anilines is 1. The molecule has 0 aromatic heterocycles. The van der Waals surface area contributed by atoms with E-state index in [0.717, 1.165) is 16.8 Å². The minimum atomic E-state index is -3.94. The lowest BCUT2D eigenvalue weighted by molar-refractivity contribution is 0.171. The molecule has 6 nitrogen and oxygen atoms in total. The van der Waals surface area contributed by atoms with Crippen LogP contribution in [0.4, 0.5) is 5.69 Å². The smallest absolute Gasteiger partial charge is 0.265 e. The van der Waals surface area contributed by atoms with Crippen LogP contribution in [0.25, 0.3) is 0 Å². The van der Waals surface area contributed by atoms with Crippen molar-refractivity contribution in [1.29, 1.82) is 0 Å². The number of rotatable bonds is 10. The van der Waals surface area contributed by atoms with Crippen LogP contribution in [0.2, 0.25) is 5.02 Å². The molecule has 0 spiro atoms. The largest absolute Gasteiger partial charge is 0.387 e. The Morgan fingerprint density at radius 2 is 1.81 bits per heavy atom. The van der Waals surface area contributed by atoms with E-state index < -0.39 is 16.2 Å². The average Bonchev–Trinajstić information content (AvgIpc) is 2.63. The maximum absolute atomic E-state index is 10.8. The summed E-state index contributed by atoms with van der Waals surface area (Å²) in [4.78, 5) is 0. The van der Waals surface area contributed by atoms with Gasteiger partial charge in [0, 0.05) is 29.8 Å². The zero-order chi connectivity index (χ0) is 19.9. The Kier molecular flexibility index (Phi) is 8.07. The quantitative estimate of drug-likeness (QED) is 0.448. The monoisotopic (exact) mass is 412 g/mol. The van der Waals surface area contributed by atoms with Crippen LogP contribution in [0.3, 0.4) is 0 Å². The summed E-state index contributed by atoms with van der Waals surface area (Å²) in [7, 11) is -3.94. The third kappa shape index (κ3) is 8.28. The normalized spacial score (nSPS) is 13.9. The van der Waals surface area contributed by atoms with Crippen molar-refractivity contribution < 1.29 is 18.1 Å². The Bertz CT molecular complexity index is 828. The van der Waals surface area contributed by atoms with E-state index in [1.807, 2.05) is 43.3 Å². The maximum atomic E-state index is 10.8. The van der Waals surface area contributed by atoms with Crippen LogP contribution in [-0.2, 0) is 16.5 Å². The van der Waals surface area contributed by atoms with E-state index in [9.17, 15) is 13.5 Å². The predicted octanol–water partition coefficient (Wildman–Crippen LogP) is 2.89. The zero-order valence-electron chi connectivity index (χ0n) is 15.1. The minimum absolute atomic E-state index is 0.123. The molecule has 0 saturated heterocycles. The zero-order valence-corrected chi connectivity index (χ0v) is 16.7. The second kappa shape index (κ2) is 10.1. The Morgan fingerprint density at radius 3 is 2.44 bits per heavy atom. The van der Waals surface area contributed by atoms with Gasteiger partial charge in [0.25, 0.3) is 10.1 Å². The van der Waals surface area contributed by atoms with E-state index in [4.69, 9.17) is 16.2 Å². The molecule has 0 bridgehead atoms. The second-order valence-electron chi connectivity index (χ2n) is 6.49. The Labute approximate surface area is 165 Å². The lowest BCUT2D eigenvalue weighted by Crippen LogP contribution is -2.35. The van der Waals surface area contributed by atoms with E-state index in [1.54, 1.807) is 12.1 Å². The summed E-state index contributed by atoms with van der Waals surface area (Å²) in [6, 6.07) is 14.7. The predicted molar refractivity (Wildman–Crippen MR) is 109 cm³/mol. The molecule has 4 N–H and O–H groups in total. The van der Waals surface area contributed by atoms with Crippen LogP contribution in [0.5, 0.6) is 0 Å². The Hall–Kier alpha value is -1.64. The highest BCUT2D eigenvalue weighted by atomic mass is 35.5. The summed E-state index contributed by atoms with van der Waals surface area (Å²) in [6.07, 6.45) is -0.355. The summed E-state index contributed by atoms with van der Waals surface area (Å²) in [5.41, 5.74) is 2.53. The number of aliphatic hydroxyl groups is 1. The van der Waals surface area contributed by atoms with Gasteiger partial charge < -0.3 is 15.7 Å². The molecule has 0 amide bonds. The van der Waals surface area contributed by atoms with Crippen LogP contribution in [0, 0.1) is 0 Å². The summed E-state index contributed by atoms with van der Waals surface area (Å²) in [5.74, 6) is -0.282. The molecule has 8 heteroatoms. The highest BCUT2D eigenvalue weighted by Crippen LogP contribution is 2.17. The van der Waals surface area contributed by atoms with Crippen LogP contribution in [0.15, 0.2) is 48.5 Å². The fourth-order valence-corrected chi connectivity index (χ4v) is 3.22. The SMILES string of the molecule is CC(CNc1ccc(CCS(=O)(=O)O)cc1)NCC(O)c1cccc(Cl)c1. The fraction of sp³-hybridized carbons (Fsp3) is 0.368. The molecule has 0 aliphatic heterocycles. The fourth-order valence-electron chi connectivity index (χ4n) is 2.52. The van der Waals surface area contributed by atoms with Gasteiger partial charge in [0.2, 0.25) is 0 Å². The molecule has 148 valence electrons. The van der Waals surface area contributed by atoms with Gasteiger partial charge in [0.05, 0.1) is 11.9 Å². The molecule has 0 aliphatic carbocycles. The Balaban J connectivity index is 1.74. The van der Waals surface area contributed by atoms with Gasteiger partial charge in [-0.15, -0.1) is 0 Å². The standard InChI is InChI=1S/C19H25ClN2O4S/c1-14(21-13-19(23)16-3-2-4-17(20)11-16)12-22-18-7-5-15(6-8-18)9-10-27(24,25)26/h2-8,11,14,19,21-23H,9-10,12-13H2,1H3,(H,24,25,26). The highest BCUT2D eigenvalue weighted by Gasteiger charge is 2.10. The van der Waals surface area contributed by atoms with E-state index in [-0.39, 0.29) is 18.2 Å². The average molecular weight is 413 g/mol. The second-order valence-corrected chi connectivity index (χ2v) is 8.50. The number of benzene rings is 2. The van der Waals surface area contributed by atoms with E-state index in [0.29, 0.717) is 18.1 Å². The molecule has 2 rings (SSSR count). The van der Waals surface area contributed by atoms with Crippen molar-refractivity contribution in [1.82, 2.24) is 5.32 Å². The van der Waals surface area contributed by atoms with Crippen molar-refractivity contribution in [2.24, 2.45) is 0 Å². The van der Waals surface area contributed by atoms with Gasteiger partial charge in [-0.3, -0.25) is 4.55 Å². The molecule has 2 aromatic rings. The molecular formula is C19H25ClN2O4S. The number of hydrogen-bond donors (Lipinski definition) is 4. The molecule has 0 radical (unpaired) electrons. The van der Waals surface area contributed by atoms with Crippen LogP contribution < -0.4 is 10.6 Å². The summed E-state index contributed by atoms with van der Waals surface area (Å²) in [5, 5.41) is 17.4. The van der Waals surface area contributed by atoms with Gasteiger partial charge >= 0.3 is 0 Å². The number of hydrogen-bond acceptors (Lipinski definition) is 5. The van der Waals surface area contributed by atoms with Crippen LogP contribution >= 0.6 is 11.6 Å². The highest BCUT2D eigenvalue weighted by molar-refractivity contribution is 7.85. The first-order valence-corrected chi connectivity index (χ1v) is 10.7. The van der Waals surface area contributed by atoms with Gasteiger partial charge in [-0.25, -0.2) is 0 Å². The maximum Gasteiger partial charge on any atom is 0.265 e. The van der Waals surface area contributed by atoms with E-state index in [2.05, 4.69) is 10.6 Å². The van der Waals surface area contributed by atoms with Crippen molar-refractivity contribution in [3.8, 4) is 0 Å². The van der Waals surface area contributed by atoms with Crippen molar-refractivity contribution in [3.63, 3.8) is 0 Å². The van der Waals surface area contributed by atoms with E-state index >= 15 is 0 Å². The molecule has 0 aliphatic rings. The molecule has 0 fully saturated rings. The Morgan fingerprint density at radius 1 is 1.11 bits per heavy atom. The molecule has 2 unspecified atom stereocenters. The van der Waals surface area contributed by atoms with E-state index in [1.165, 1.54) is 0 Å². The van der Waals surface area contributed by atoms with Crippen molar-refractivity contribution in [3.05, 3.63) is 64.7 Å². The summed E-state index contributed by atoms with van der Waals surface area (Å²) >= 11 is 5.94. The molecule has 2 atom stereocenters.